The van der Waals surface area contributed by atoms with Gasteiger partial charge in [-0.1, -0.05) is 41.8 Å². The summed E-state index contributed by atoms with van der Waals surface area (Å²) in [4.78, 5) is 40.2. The largest absolute Gasteiger partial charge is 0.497 e. The number of amides is 1. The molecule has 0 saturated carbocycles. The topological polar surface area (TPSA) is 82.1 Å². The van der Waals surface area contributed by atoms with Crippen molar-refractivity contribution in [2.24, 2.45) is 0 Å². The van der Waals surface area contributed by atoms with Gasteiger partial charge >= 0.3 is 11.9 Å². The standard InChI is InChI=1S/C23H23NO6S3/c1-7-8-15(25)24-14-10-9-12(28-4)11-13(14)16(19(31)23(24,2)3)22-32-17(20(26)29-5)18(33-22)21(27)30-6/h7-11H,1-6H3. The quantitative estimate of drug-likeness (QED) is 0.334. The maximum absolute atomic E-state index is 13.1. The number of allylic oxidation sites excluding steroid dienone is 1. The summed E-state index contributed by atoms with van der Waals surface area (Å²) in [5.41, 5.74) is 1.11. The fourth-order valence-electron chi connectivity index (χ4n) is 3.54. The summed E-state index contributed by atoms with van der Waals surface area (Å²) in [6.07, 6.45) is 3.17. The van der Waals surface area contributed by atoms with E-state index in [0.717, 1.165) is 23.5 Å². The maximum atomic E-state index is 13.1. The third-order valence-corrected chi connectivity index (χ3v) is 8.39. The first-order valence-electron chi connectivity index (χ1n) is 9.83. The summed E-state index contributed by atoms with van der Waals surface area (Å²) in [5, 5.41) is 0. The van der Waals surface area contributed by atoms with Crippen LogP contribution in [0.4, 0.5) is 5.69 Å². The molecule has 2 aliphatic rings. The van der Waals surface area contributed by atoms with Gasteiger partial charge in [0.2, 0.25) is 0 Å². The van der Waals surface area contributed by atoms with E-state index in [4.69, 9.17) is 26.4 Å². The lowest BCUT2D eigenvalue weighted by Crippen LogP contribution is -2.55. The molecule has 1 amide bonds. The molecule has 174 valence electrons. The van der Waals surface area contributed by atoms with E-state index < -0.39 is 17.5 Å². The van der Waals surface area contributed by atoms with Crippen LogP contribution in [0, 0.1) is 0 Å². The Bertz CT molecular complexity index is 1120. The third-order valence-electron chi connectivity index (χ3n) is 5.13. The van der Waals surface area contributed by atoms with E-state index in [2.05, 4.69) is 0 Å². The number of methoxy groups -OCH3 is 3. The Morgan fingerprint density at radius 2 is 1.61 bits per heavy atom. The highest BCUT2D eigenvalue weighted by Crippen LogP contribution is 2.56. The zero-order chi connectivity index (χ0) is 24.5. The average molecular weight is 506 g/mol. The molecule has 0 saturated heterocycles. The molecule has 1 aromatic rings. The number of thioether (sulfide) groups is 2. The molecular formula is C23H23NO6S3. The van der Waals surface area contributed by atoms with E-state index in [9.17, 15) is 14.4 Å². The van der Waals surface area contributed by atoms with Crippen molar-refractivity contribution in [1.29, 1.82) is 0 Å². The number of thiocarbonyl (C=S) groups is 1. The number of hydrogen-bond donors (Lipinski definition) is 0. The molecule has 0 N–H and O–H groups in total. The molecule has 0 unspecified atom stereocenters. The molecule has 3 rings (SSSR count). The first-order chi connectivity index (χ1) is 15.6. The fourth-order valence-corrected chi connectivity index (χ4v) is 6.57. The number of rotatable bonds is 4. The molecule has 0 aromatic heterocycles. The number of carbonyl (C=O) groups is 3. The van der Waals surface area contributed by atoms with Gasteiger partial charge < -0.3 is 14.2 Å². The van der Waals surface area contributed by atoms with Crippen LogP contribution in [0.2, 0.25) is 0 Å². The van der Waals surface area contributed by atoms with Crippen LogP contribution in [0.25, 0.3) is 5.57 Å². The van der Waals surface area contributed by atoms with Crippen molar-refractivity contribution in [3.05, 3.63) is 50.0 Å². The van der Waals surface area contributed by atoms with Gasteiger partial charge in [0.25, 0.3) is 5.91 Å². The Morgan fingerprint density at radius 1 is 1.03 bits per heavy atom. The molecule has 0 spiro atoms. The maximum Gasteiger partial charge on any atom is 0.346 e. The SMILES string of the molecule is CC=CC(=O)N1c2ccc(OC)cc2C(=C2SC(C(=O)OC)=C(C(=O)OC)S2)C(=S)C1(C)C. The molecule has 1 aromatic carbocycles. The van der Waals surface area contributed by atoms with E-state index in [1.807, 2.05) is 13.8 Å². The summed E-state index contributed by atoms with van der Waals surface area (Å²) >= 11 is 8.12. The predicted molar refractivity (Wildman–Crippen MR) is 135 cm³/mol. The van der Waals surface area contributed by atoms with Crippen LogP contribution < -0.4 is 9.64 Å². The number of ether oxygens (including phenoxy) is 3. The number of carbonyl (C=O) groups excluding carboxylic acids is 3. The van der Waals surface area contributed by atoms with Gasteiger partial charge in [0.05, 0.1) is 41.7 Å². The summed E-state index contributed by atoms with van der Waals surface area (Å²) in [5.74, 6) is -0.911. The first-order valence-corrected chi connectivity index (χ1v) is 11.9. The molecule has 0 bridgehead atoms. The van der Waals surface area contributed by atoms with Crippen LogP contribution >= 0.6 is 35.7 Å². The Labute approximate surface area is 206 Å². The summed E-state index contributed by atoms with van der Waals surface area (Å²) < 4.78 is 15.8. The van der Waals surface area contributed by atoms with E-state index in [-0.39, 0.29) is 15.7 Å². The van der Waals surface area contributed by atoms with Gasteiger partial charge in [-0.25, -0.2) is 9.59 Å². The Kier molecular flexibility index (Phi) is 7.40. The van der Waals surface area contributed by atoms with Gasteiger partial charge in [-0.05, 0) is 45.0 Å². The number of fused-ring (bicyclic) bond motifs is 1. The van der Waals surface area contributed by atoms with Gasteiger partial charge in [0, 0.05) is 11.1 Å². The predicted octanol–water partition coefficient (Wildman–Crippen LogP) is 4.47. The molecule has 0 fully saturated rings. The highest BCUT2D eigenvalue weighted by molar-refractivity contribution is 8.29. The van der Waals surface area contributed by atoms with Crippen molar-refractivity contribution >= 4 is 69.7 Å². The molecule has 2 heterocycles. The first kappa shape index (κ1) is 25.1. The Hall–Kier alpha value is -2.56. The second-order valence-corrected chi connectivity index (χ2v) is 10.2. The Balaban J connectivity index is 2.28. The normalized spacial score (nSPS) is 17.4. The van der Waals surface area contributed by atoms with Crippen molar-refractivity contribution in [3.8, 4) is 5.75 Å². The molecule has 0 atom stereocenters. The summed E-state index contributed by atoms with van der Waals surface area (Å²) in [7, 11) is 4.05. The van der Waals surface area contributed by atoms with Gasteiger partial charge in [0.1, 0.15) is 15.6 Å². The molecule has 33 heavy (non-hydrogen) atoms. The minimum Gasteiger partial charge on any atom is -0.497 e. The molecule has 0 aliphatic carbocycles. The highest BCUT2D eigenvalue weighted by atomic mass is 32.2. The second kappa shape index (κ2) is 9.74. The van der Waals surface area contributed by atoms with Gasteiger partial charge in [-0.15, -0.1) is 0 Å². The minimum atomic E-state index is -0.865. The monoisotopic (exact) mass is 505 g/mol. The van der Waals surface area contributed by atoms with Gasteiger partial charge in [-0.3, -0.25) is 9.69 Å². The molecule has 10 heteroatoms. The summed E-state index contributed by atoms with van der Waals surface area (Å²) in [6, 6.07) is 5.37. The van der Waals surface area contributed by atoms with Crippen LogP contribution in [-0.4, -0.2) is 49.6 Å². The number of hydrogen-bond acceptors (Lipinski definition) is 9. The second-order valence-electron chi connectivity index (χ2n) is 7.45. The third kappa shape index (κ3) is 4.34. The van der Waals surface area contributed by atoms with E-state index in [1.54, 1.807) is 43.2 Å². The smallest absolute Gasteiger partial charge is 0.346 e. The fraction of sp³-hybridized carbons (Fsp3) is 0.304. The lowest BCUT2D eigenvalue weighted by Gasteiger charge is -2.45. The molecular weight excluding hydrogens is 482 g/mol. The number of nitrogens with zero attached hydrogens (tertiary/aromatic N) is 1. The van der Waals surface area contributed by atoms with Crippen LogP contribution in [0.5, 0.6) is 5.75 Å². The Morgan fingerprint density at radius 3 is 2.09 bits per heavy atom. The molecule has 0 radical (unpaired) electrons. The molecule has 7 nitrogen and oxygen atoms in total. The van der Waals surface area contributed by atoms with E-state index in [1.165, 1.54) is 20.3 Å². The van der Waals surface area contributed by atoms with E-state index in [0.29, 0.717) is 31.7 Å². The summed E-state index contributed by atoms with van der Waals surface area (Å²) in [6.45, 7) is 5.50. The molecule has 2 aliphatic heterocycles. The van der Waals surface area contributed by atoms with Gasteiger partial charge in [-0.2, -0.15) is 0 Å². The highest BCUT2D eigenvalue weighted by Gasteiger charge is 2.45. The van der Waals surface area contributed by atoms with Gasteiger partial charge in [0.15, 0.2) is 0 Å². The van der Waals surface area contributed by atoms with Crippen molar-refractivity contribution in [1.82, 2.24) is 0 Å². The zero-order valence-electron chi connectivity index (χ0n) is 19.0. The van der Waals surface area contributed by atoms with Crippen molar-refractivity contribution in [2.45, 2.75) is 26.3 Å². The number of esters is 2. The number of benzene rings is 1. The van der Waals surface area contributed by atoms with Crippen LogP contribution in [-0.2, 0) is 23.9 Å². The van der Waals surface area contributed by atoms with Crippen molar-refractivity contribution in [2.75, 3.05) is 26.2 Å². The average Bonchev–Trinajstić information content (AvgIpc) is 3.23. The van der Waals surface area contributed by atoms with Crippen molar-refractivity contribution < 1.29 is 28.6 Å². The van der Waals surface area contributed by atoms with E-state index >= 15 is 0 Å². The zero-order valence-corrected chi connectivity index (χ0v) is 21.5. The van der Waals surface area contributed by atoms with Crippen molar-refractivity contribution in [3.63, 3.8) is 0 Å². The van der Waals surface area contributed by atoms with Crippen LogP contribution in [0.3, 0.4) is 0 Å². The minimum absolute atomic E-state index is 0.134. The lowest BCUT2D eigenvalue weighted by atomic mass is 9.83. The number of anilines is 1. The van der Waals surface area contributed by atoms with Crippen LogP contribution in [0.15, 0.2) is 44.4 Å². The lowest BCUT2D eigenvalue weighted by molar-refractivity contribution is -0.138. The van der Waals surface area contributed by atoms with Crippen LogP contribution in [0.1, 0.15) is 26.3 Å².